The van der Waals surface area contributed by atoms with Crippen LogP contribution in [0.15, 0.2) is 21.9 Å². The molecule has 0 radical (unpaired) electrons. The molecule has 0 amide bonds. The van der Waals surface area contributed by atoms with E-state index in [2.05, 4.69) is 15.9 Å². The Bertz CT molecular complexity index is 520. The maximum atomic E-state index is 12.0. The standard InChI is InChI=1S/C14H17BrO4/c1-8(19-9(2)16)10-7-18-14(4)5-11(15)12(17)6-13(10,14)3/h5H,6-7H2,1-4H3/b10-8+/t13-,14-/m0/s1. The summed E-state index contributed by atoms with van der Waals surface area (Å²) in [6, 6.07) is 0. The van der Waals surface area contributed by atoms with Gasteiger partial charge in [0.2, 0.25) is 0 Å². The molecule has 0 aromatic heterocycles. The highest BCUT2D eigenvalue weighted by Gasteiger charge is 2.56. The van der Waals surface area contributed by atoms with E-state index < -0.39 is 11.0 Å². The Morgan fingerprint density at radius 2 is 2.05 bits per heavy atom. The lowest BCUT2D eigenvalue weighted by atomic mass is 9.65. The summed E-state index contributed by atoms with van der Waals surface area (Å²) in [6.07, 6.45) is 2.15. The first-order valence-electron chi connectivity index (χ1n) is 6.14. The zero-order valence-corrected chi connectivity index (χ0v) is 13.1. The number of fused-ring (bicyclic) bond motifs is 1. The molecule has 0 unspecified atom stereocenters. The van der Waals surface area contributed by atoms with E-state index in [1.165, 1.54) is 6.92 Å². The van der Waals surface area contributed by atoms with Crippen molar-refractivity contribution in [2.24, 2.45) is 5.41 Å². The molecule has 2 aliphatic rings. The normalized spacial score (nSPS) is 36.7. The predicted octanol–water partition coefficient (Wildman–Crippen LogP) is 2.87. The van der Waals surface area contributed by atoms with Crippen LogP contribution in [0.3, 0.4) is 0 Å². The summed E-state index contributed by atoms with van der Waals surface area (Å²) >= 11 is 3.28. The Hall–Kier alpha value is -0.940. The van der Waals surface area contributed by atoms with E-state index in [-0.39, 0.29) is 11.8 Å². The van der Waals surface area contributed by atoms with Gasteiger partial charge in [0.25, 0.3) is 0 Å². The Labute approximate surface area is 121 Å². The third-order valence-electron chi connectivity index (χ3n) is 4.18. The average Bonchev–Trinajstić information content (AvgIpc) is 2.50. The number of esters is 1. The van der Waals surface area contributed by atoms with Crippen molar-refractivity contribution >= 4 is 27.7 Å². The van der Waals surface area contributed by atoms with Gasteiger partial charge in [-0.2, -0.15) is 0 Å². The van der Waals surface area contributed by atoms with Gasteiger partial charge in [-0.25, -0.2) is 0 Å². The average molecular weight is 329 g/mol. The van der Waals surface area contributed by atoms with E-state index in [0.717, 1.165) is 5.57 Å². The second kappa shape index (κ2) is 4.56. The minimum atomic E-state index is -0.559. The molecule has 0 saturated carbocycles. The third kappa shape index (κ3) is 2.19. The van der Waals surface area contributed by atoms with Crippen LogP contribution in [0.25, 0.3) is 0 Å². The van der Waals surface area contributed by atoms with Crippen LogP contribution in [0, 0.1) is 5.41 Å². The molecular weight excluding hydrogens is 312 g/mol. The fraction of sp³-hybridized carbons (Fsp3) is 0.571. The fourth-order valence-corrected chi connectivity index (χ4v) is 3.40. The molecule has 1 saturated heterocycles. The molecule has 0 aromatic carbocycles. The van der Waals surface area contributed by atoms with Crippen LogP contribution in [-0.4, -0.2) is 24.0 Å². The summed E-state index contributed by atoms with van der Waals surface area (Å²) in [5.41, 5.74) is -0.146. The van der Waals surface area contributed by atoms with Crippen molar-refractivity contribution in [2.75, 3.05) is 6.61 Å². The van der Waals surface area contributed by atoms with Crippen molar-refractivity contribution in [2.45, 2.75) is 39.7 Å². The van der Waals surface area contributed by atoms with E-state index in [0.29, 0.717) is 23.3 Å². The Kier molecular flexibility index (Phi) is 3.47. The number of carbonyl (C=O) groups excluding carboxylic acids is 2. The molecule has 0 spiro atoms. The molecule has 0 bridgehead atoms. The first kappa shape index (κ1) is 14.5. The van der Waals surface area contributed by atoms with Crippen LogP contribution in [0.5, 0.6) is 0 Å². The zero-order valence-electron chi connectivity index (χ0n) is 11.5. The van der Waals surface area contributed by atoms with Gasteiger partial charge in [0, 0.05) is 24.3 Å². The van der Waals surface area contributed by atoms with Gasteiger partial charge in [-0.15, -0.1) is 0 Å². The molecule has 1 aliphatic carbocycles. The van der Waals surface area contributed by atoms with Crippen LogP contribution in [-0.2, 0) is 19.1 Å². The van der Waals surface area contributed by atoms with Crippen LogP contribution in [0.4, 0.5) is 0 Å². The van der Waals surface area contributed by atoms with Crippen LogP contribution < -0.4 is 0 Å². The number of hydrogen-bond donors (Lipinski definition) is 0. The van der Waals surface area contributed by atoms with Gasteiger partial charge in [0.1, 0.15) is 5.76 Å². The van der Waals surface area contributed by atoms with Crippen molar-refractivity contribution in [3.8, 4) is 0 Å². The van der Waals surface area contributed by atoms with Crippen molar-refractivity contribution in [1.29, 1.82) is 0 Å². The molecule has 1 heterocycles. The molecular formula is C14H17BrO4. The quantitative estimate of drug-likeness (QED) is 0.548. The summed E-state index contributed by atoms with van der Waals surface area (Å²) in [7, 11) is 0. The number of Topliss-reactive ketones (excluding diaryl/α,β-unsaturated/α-hetero) is 1. The Morgan fingerprint density at radius 3 is 2.63 bits per heavy atom. The summed E-state index contributed by atoms with van der Waals surface area (Å²) < 4.78 is 11.6. The molecule has 2 atom stereocenters. The summed E-state index contributed by atoms with van der Waals surface area (Å²) in [5.74, 6) is 0.220. The number of halogens is 1. The molecule has 1 fully saturated rings. The lowest BCUT2D eigenvalue weighted by Gasteiger charge is -2.41. The first-order chi connectivity index (χ1) is 8.69. The Balaban J connectivity index is 2.49. The Morgan fingerprint density at radius 1 is 1.42 bits per heavy atom. The van der Waals surface area contributed by atoms with Gasteiger partial charge in [-0.1, -0.05) is 6.92 Å². The molecule has 0 aromatic rings. The van der Waals surface area contributed by atoms with Gasteiger partial charge in [0.05, 0.1) is 16.7 Å². The van der Waals surface area contributed by atoms with Gasteiger partial charge < -0.3 is 9.47 Å². The maximum absolute atomic E-state index is 12.0. The topological polar surface area (TPSA) is 52.6 Å². The molecule has 0 N–H and O–H groups in total. The van der Waals surface area contributed by atoms with Crippen molar-refractivity contribution in [3.05, 3.63) is 21.9 Å². The predicted molar refractivity (Wildman–Crippen MR) is 73.6 cm³/mol. The van der Waals surface area contributed by atoms with Crippen LogP contribution in [0.2, 0.25) is 0 Å². The highest BCUT2D eigenvalue weighted by atomic mass is 79.9. The zero-order chi connectivity index (χ0) is 14.4. The lowest BCUT2D eigenvalue weighted by molar-refractivity contribution is -0.136. The second-order valence-electron chi connectivity index (χ2n) is 5.45. The van der Waals surface area contributed by atoms with Gasteiger partial charge in [-0.3, -0.25) is 9.59 Å². The van der Waals surface area contributed by atoms with Gasteiger partial charge >= 0.3 is 5.97 Å². The maximum Gasteiger partial charge on any atom is 0.307 e. The van der Waals surface area contributed by atoms with E-state index in [4.69, 9.17) is 9.47 Å². The lowest BCUT2D eigenvalue weighted by Crippen LogP contribution is -2.44. The van der Waals surface area contributed by atoms with E-state index in [9.17, 15) is 9.59 Å². The van der Waals surface area contributed by atoms with Crippen LogP contribution in [0.1, 0.15) is 34.1 Å². The largest absolute Gasteiger partial charge is 0.432 e. The SMILES string of the molecule is CC(=O)O/C(C)=C1\CO[C@@]2(C)C=C(Br)C(=O)C[C@@]12C. The number of carbonyl (C=O) groups is 2. The smallest absolute Gasteiger partial charge is 0.307 e. The fourth-order valence-electron chi connectivity index (χ4n) is 2.82. The number of hydrogen-bond acceptors (Lipinski definition) is 4. The van der Waals surface area contributed by atoms with Crippen LogP contribution >= 0.6 is 15.9 Å². The number of allylic oxidation sites excluding steroid dienone is 2. The van der Waals surface area contributed by atoms with Gasteiger partial charge in [-0.05, 0) is 35.9 Å². The molecule has 19 heavy (non-hydrogen) atoms. The van der Waals surface area contributed by atoms with Gasteiger partial charge in [0.15, 0.2) is 5.78 Å². The first-order valence-corrected chi connectivity index (χ1v) is 6.93. The molecule has 1 aliphatic heterocycles. The molecule has 4 nitrogen and oxygen atoms in total. The summed E-state index contributed by atoms with van der Waals surface area (Å²) in [4.78, 5) is 23.1. The monoisotopic (exact) mass is 328 g/mol. The van der Waals surface area contributed by atoms with E-state index in [1.807, 2.05) is 19.9 Å². The minimum absolute atomic E-state index is 0.0404. The van der Waals surface area contributed by atoms with Crippen molar-refractivity contribution in [1.82, 2.24) is 0 Å². The number of rotatable bonds is 1. The summed E-state index contributed by atoms with van der Waals surface area (Å²) in [6.45, 7) is 7.42. The minimum Gasteiger partial charge on any atom is -0.432 e. The molecule has 2 rings (SSSR count). The number of ketones is 1. The highest BCUT2D eigenvalue weighted by molar-refractivity contribution is 9.12. The molecule has 5 heteroatoms. The molecule has 104 valence electrons. The van der Waals surface area contributed by atoms with Crippen molar-refractivity contribution in [3.63, 3.8) is 0 Å². The summed E-state index contributed by atoms with van der Waals surface area (Å²) in [5, 5.41) is 0. The second-order valence-corrected chi connectivity index (χ2v) is 6.30. The van der Waals surface area contributed by atoms with E-state index in [1.54, 1.807) is 6.92 Å². The van der Waals surface area contributed by atoms with E-state index >= 15 is 0 Å². The highest BCUT2D eigenvalue weighted by Crippen LogP contribution is 2.54. The number of ether oxygens (including phenoxy) is 2. The third-order valence-corrected chi connectivity index (χ3v) is 4.85. The van der Waals surface area contributed by atoms with Crippen molar-refractivity contribution < 1.29 is 19.1 Å².